The third-order valence-corrected chi connectivity index (χ3v) is 5.02. The van der Waals surface area contributed by atoms with E-state index >= 15 is 0 Å². The Morgan fingerprint density at radius 1 is 0.842 bits per heavy atom. The molecule has 100 valence electrons. The van der Waals surface area contributed by atoms with Gasteiger partial charge in [-0.25, -0.2) is 8.42 Å². The second kappa shape index (κ2) is 6.26. The Kier molecular flexibility index (Phi) is 4.66. The summed E-state index contributed by atoms with van der Waals surface area (Å²) in [5.74, 6) is 0.739. The van der Waals surface area contributed by atoms with Crippen LogP contribution < -0.4 is 0 Å². The fourth-order valence-corrected chi connectivity index (χ4v) is 3.54. The van der Waals surface area contributed by atoms with Crippen LogP contribution in [0.4, 0.5) is 0 Å². The predicted octanol–water partition coefficient (Wildman–Crippen LogP) is 3.45. The summed E-state index contributed by atoms with van der Waals surface area (Å²) in [6, 6.07) is 17.0. The van der Waals surface area contributed by atoms with Gasteiger partial charge in [0.25, 0.3) is 0 Å². The minimum Gasteiger partial charge on any atom is -0.224 e. The Bertz CT molecular complexity index is 617. The SMILES string of the molecule is O=S(=O)(CCCS)c1ccc(-c2ccccc2)cc1. The van der Waals surface area contributed by atoms with Gasteiger partial charge >= 0.3 is 0 Å². The highest BCUT2D eigenvalue weighted by Crippen LogP contribution is 2.21. The van der Waals surface area contributed by atoms with Crippen LogP contribution in [0.1, 0.15) is 6.42 Å². The van der Waals surface area contributed by atoms with Crippen LogP contribution in [-0.4, -0.2) is 19.9 Å². The first-order chi connectivity index (χ1) is 9.13. The van der Waals surface area contributed by atoms with Crippen LogP contribution in [0, 0.1) is 0 Å². The highest BCUT2D eigenvalue weighted by Gasteiger charge is 2.13. The van der Waals surface area contributed by atoms with E-state index in [0.29, 0.717) is 17.1 Å². The van der Waals surface area contributed by atoms with E-state index in [9.17, 15) is 8.42 Å². The standard InChI is InChI=1S/C15H16O2S2/c16-19(17,12-4-11-18)15-9-7-14(8-10-15)13-5-2-1-3-6-13/h1-3,5-10,18H,4,11-12H2. The lowest BCUT2D eigenvalue weighted by Gasteiger charge is -2.05. The lowest BCUT2D eigenvalue weighted by molar-refractivity contribution is 0.595. The Morgan fingerprint density at radius 3 is 2.00 bits per heavy atom. The molecule has 0 saturated carbocycles. The highest BCUT2D eigenvalue weighted by molar-refractivity contribution is 7.91. The topological polar surface area (TPSA) is 34.1 Å². The molecular formula is C15H16O2S2. The van der Waals surface area contributed by atoms with Crippen LogP contribution in [-0.2, 0) is 9.84 Å². The quantitative estimate of drug-likeness (QED) is 0.857. The fourth-order valence-electron chi connectivity index (χ4n) is 1.86. The number of hydrogen-bond donors (Lipinski definition) is 1. The molecule has 0 atom stereocenters. The lowest BCUT2D eigenvalue weighted by atomic mass is 10.1. The van der Waals surface area contributed by atoms with Gasteiger partial charge in [-0.05, 0) is 35.4 Å². The van der Waals surface area contributed by atoms with Crippen LogP contribution in [0.5, 0.6) is 0 Å². The third kappa shape index (κ3) is 3.61. The van der Waals surface area contributed by atoms with Gasteiger partial charge in [0.2, 0.25) is 0 Å². The Morgan fingerprint density at radius 2 is 1.42 bits per heavy atom. The Hall–Kier alpha value is -1.26. The lowest BCUT2D eigenvalue weighted by Crippen LogP contribution is -2.07. The Balaban J connectivity index is 2.24. The molecule has 0 N–H and O–H groups in total. The largest absolute Gasteiger partial charge is 0.224 e. The van der Waals surface area contributed by atoms with Gasteiger partial charge in [-0.3, -0.25) is 0 Å². The van der Waals surface area contributed by atoms with Crippen LogP contribution in [0.2, 0.25) is 0 Å². The molecule has 2 aromatic carbocycles. The maximum Gasteiger partial charge on any atom is 0.178 e. The molecule has 0 saturated heterocycles. The van der Waals surface area contributed by atoms with Crippen molar-refractivity contribution in [3.05, 3.63) is 54.6 Å². The average molecular weight is 292 g/mol. The average Bonchev–Trinajstić information content (AvgIpc) is 2.46. The van der Waals surface area contributed by atoms with Gasteiger partial charge in [0.1, 0.15) is 0 Å². The smallest absolute Gasteiger partial charge is 0.178 e. The van der Waals surface area contributed by atoms with E-state index in [2.05, 4.69) is 12.6 Å². The molecule has 0 bridgehead atoms. The minimum atomic E-state index is -3.17. The van der Waals surface area contributed by atoms with Gasteiger partial charge in [0.15, 0.2) is 9.84 Å². The second-order valence-corrected chi connectivity index (χ2v) is 6.84. The number of thiol groups is 1. The van der Waals surface area contributed by atoms with Gasteiger partial charge in [-0.15, -0.1) is 0 Å². The van der Waals surface area contributed by atoms with E-state index < -0.39 is 9.84 Å². The zero-order valence-corrected chi connectivity index (χ0v) is 12.2. The molecule has 0 unspecified atom stereocenters. The second-order valence-electron chi connectivity index (χ2n) is 4.29. The summed E-state index contributed by atoms with van der Waals surface area (Å²) < 4.78 is 24.0. The van der Waals surface area contributed by atoms with E-state index in [1.807, 2.05) is 42.5 Å². The van der Waals surface area contributed by atoms with Crippen molar-refractivity contribution in [3.63, 3.8) is 0 Å². The summed E-state index contributed by atoms with van der Waals surface area (Å²) in [5, 5.41) is 0. The molecule has 2 aromatic rings. The molecule has 4 heteroatoms. The van der Waals surface area contributed by atoms with E-state index in [1.54, 1.807) is 12.1 Å². The van der Waals surface area contributed by atoms with Crippen molar-refractivity contribution in [2.24, 2.45) is 0 Å². The first kappa shape index (κ1) is 14.2. The first-order valence-corrected chi connectivity index (χ1v) is 8.41. The molecule has 0 amide bonds. The van der Waals surface area contributed by atoms with Crippen molar-refractivity contribution < 1.29 is 8.42 Å². The van der Waals surface area contributed by atoms with Crippen molar-refractivity contribution in [2.75, 3.05) is 11.5 Å². The molecule has 0 radical (unpaired) electrons. The van der Waals surface area contributed by atoms with Crippen LogP contribution in [0.25, 0.3) is 11.1 Å². The summed E-state index contributed by atoms with van der Waals surface area (Å²) in [6.07, 6.45) is 0.575. The monoisotopic (exact) mass is 292 g/mol. The summed E-state index contributed by atoms with van der Waals surface area (Å²) >= 11 is 4.04. The van der Waals surface area contributed by atoms with Crippen molar-refractivity contribution >= 4 is 22.5 Å². The van der Waals surface area contributed by atoms with Gasteiger partial charge in [-0.2, -0.15) is 12.6 Å². The van der Waals surface area contributed by atoms with Crippen molar-refractivity contribution in [1.82, 2.24) is 0 Å². The molecule has 0 aliphatic carbocycles. The maximum absolute atomic E-state index is 12.0. The van der Waals surface area contributed by atoms with Gasteiger partial charge in [0, 0.05) is 0 Å². The predicted molar refractivity (Wildman–Crippen MR) is 82.4 cm³/mol. The minimum absolute atomic E-state index is 0.154. The van der Waals surface area contributed by atoms with E-state index in [1.165, 1.54) is 0 Å². The van der Waals surface area contributed by atoms with Gasteiger partial charge in [-0.1, -0.05) is 42.5 Å². The van der Waals surface area contributed by atoms with Crippen LogP contribution >= 0.6 is 12.6 Å². The van der Waals surface area contributed by atoms with Gasteiger partial charge < -0.3 is 0 Å². The number of sulfone groups is 1. The number of rotatable bonds is 5. The number of hydrogen-bond acceptors (Lipinski definition) is 3. The number of benzene rings is 2. The summed E-state index contributed by atoms with van der Waals surface area (Å²) in [5.41, 5.74) is 2.11. The summed E-state index contributed by atoms with van der Waals surface area (Å²) in [4.78, 5) is 0.383. The normalized spacial score (nSPS) is 11.4. The van der Waals surface area contributed by atoms with E-state index in [0.717, 1.165) is 11.1 Å². The van der Waals surface area contributed by atoms with Crippen LogP contribution in [0.3, 0.4) is 0 Å². The van der Waals surface area contributed by atoms with E-state index in [4.69, 9.17) is 0 Å². The van der Waals surface area contributed by atoms with Gasteiger partial charge in [0.05, 0.1) is 10.6 Å². The molecule has 0 spiro atoms. The first-order valence-electron chi connectivity index (χ1n) is 6.12. The third-order valence-electron chi connectivity index (χ3n) is 2.89. The molecule has 0 fully saturated rings. The molecule has 2 rings (SSSR count). The van der Waals surface area contributed by atoms with Crippen LogP contribution in [0.15, 0.2) is 59.5 Å². The zero-order chi connectivity index (χ0) is 13.7. The van der Waals surface area contributed by atoms with E-state index in [-0.39, 0.29) is 5.75 Å². The molecule has 0 aliphatic rings. The summed E-state index contributed by atoms with van der Waals surface area (Å²) in [7, 11) is -3.17. The molecule has 0 aromatic heterocycles. The molecule has 2 nitrogen and oxygen atoms in total. The molecular weight excluding hydrogens is 276 g/mol. The maximum atomic E-state index is 12.0. The molecule has 0 heterocycles. The fraction of sp³-hybridized carbons (Fsp3) is 0.200. The molecule has 19 heavy (non-hydrogen) atoms. The van der Waals surface area contributed by atoms with Crippen molar-refractivity contribution in [2.45, 2.75) is 11.3 Å². The zero-order valence-electron chi connectivity index (χ0n) is 10.5. The highest BCUT2D eigenvalue weighted by atomic mass is 32.2. The van der Waals surface area contributed by atoms with Crippen molar-refractivity contribution in [3.8, 4) is 11.1 Å². The Labute approximate surface area is 119 Å². The van der Waals surface area contributed by atoms with Crippen molar-refractivity contribution in [1.29, 1.82) is 0 Å². The summed E-state index contributed by atoms with van der Waals surface area (Å²) in [6.45, 7) is 0. The molecule has 0 aliphatic heterocycles.